The number of rotatable bonds is 7. The Bertz CT molecular complexity index is 606. The zero-order valence-corrected chi connectivity index (χ0v) is 17.2. The molecular formula is C21H32ClN3O3. The van der Waals surface area contributed by atoms with Crippen molar-refractivity contribution in [3.05, 3.63) is 35.9 Å². The molecule has 2 N–H and O–H groups in total. The van der Waals surface area contributed by atoms with E-state index in [0.717, 1.165) is 12.1 Å². The second-order valence-electron chi connectivity index (χ2n) is 7.47. The Kier molecular flexibility index (Phi) is 9.75. The predicted octanol–water partition coefficient (Wildman–Crippen LogP) is 2.26. The molecular weight excluding hydrogens is 378 g/mol. The Balaban J connectivity index is 0.00000280. The summed E-state index contributed by atoms with van der Waals surface area (Å²) < 4.78 is 5.33. The van der Waals surface area contributed by atoms with Crippen LogP contribution in [0.2, 0.25) is 0 Å². The number of nitrogens with zero attached hydrogens (tertiary/aromatic N) is 1. The molecule has 1 atom stereocenters. The number of benzene rings is 1. The van der Waals surface area contributed by atoms with Gasteiger partial charge in [-0.25, -0.2) is 0 Å². The normalized spacial score (nSPS) is 20.9. The van der Waals surface area contributed by atoms with Gasteiger partial charge >= 0.3 is 0 Å². The van der Waals surface area contributed by atoms with Crippen molar-refractivity contribution >= 4 is 24.2 Å². The Hall–Kier alpha value is -1.63. The van der Waals surface area contributed by atoms with Crippen LogP contribution in [0.25, 0.3) is 0 Å². The summed E-state index contributed by atoms with van der Waals surface area (Å²) in [6, 6.07) is 9.75. The molecule has 2 amide bonds. The molecule has 7 heteroatoms. The highest BCUT2D eigenvalue weighted by atomic mass is 35.5. The lowest BCUT2D eigenvalue weighted by molar-refractivity contribution is -0.155. The first-order chi connectivity index (χ1) is 13.2. The van der Waals surface area contributed by atoms with Crippen LogP contribution in [0.1, 0.15) is 44.1 Å². The minimum absolute atomic E-state index is 0. The zero-order chi connectivity index (χ0) is 18.9. The Morgan fingerprint density at radius 2 is 1.79 bits per heavy atom. The van der Waals surface area contributed by atoms with Crippen LogP contribution in [-0.4, -0.2) is 55.1 Å². The summed E-state index contributed by atoms with van der Waals surface area (Å²) in [5, 5.41) is 6.52. The van der Waals surface area contributed by atoms with Crippen LogP contribution in [-0.2, 0) is 20.9 Å². The number of amides is 2. The van der Waals surface area contributed by atoms with Crippen LogP contribution >= 0.6 is 12.4 Å². The van der Waals surface area contributed by atoms with Crippen molar-refractivity contribution in [3.8, 4) is 0 Å². The van der Waals surface area contributed by atoms with Crippen LogP contribution in [0.5, 0.6) is 0 Å². The van der Waals surface area contributed by atoms with Gasteiger partial charge in [-0.1, -0.05) is 56.0 Å². The molecule has 1 aliphatic heterocycles. The van der Waals surface area contributed by atoms with Crippen LogP contribution in [0, 0.1) is 0 Å². The Morgan fingerprint density at radius 3 is 2.50 bits per heavy atom. The van der Waals surface area contributed by atoms with E-state index in [9.17, 15) is 9.59 Å². The van der Waals surface area contributed by atoms with Crippen molar-refractivity contribution in [2.24, 2.45) is 0 Å². The van der Waals surface area contributed by atoms with Crippen molar-refractivity contribution in [1.82, 2.24) is 15.5 Å². The zero-order valence-electron chi connectivity index (χ0n) is 16.4. The summed E-state index contributed by atoms with van der Waals surface area (Å²) >= 11 is 0. The van der Waals surface area contributed by atoms with E-state index >= 15 is 0 Å². The highest BCUT2D eigenvalue weighted by molar-refractivity contribution is 5.89. The lowest BCUT2D eigenvalue weighted by atomic mass is 10.1. The Morgan fingerprint density at radius 1 is 1.07 bits per heavy atom. The van der Waals surface area contributed by atoms with Gasteiger partial charge in [0, 0.05) is 25.7 Å². The first kappa shape index (κ1) is 22.7. The van der Waals surface area contributed by atoms with Crippen LogP contribution in [0.4, 0.5) is 0 Å². The van der Waals surface area contributed by atoms with E-state index in [-0.39, 0.29) is 37.4 Å². The first-order valence-electron chi connectivity index (χ1n) is 10.2. The molecule has 0 aromatic heterocycles. The van der Waals surface area contributed by atoms with Crippen molar-refractivity contribution in [2.45, 2.75) is 57.2 Å². The van der Waals surface area contributed by atoms with Gasteiger partial charge in [-0.15, -0.1) is 12.4 Å². The van der Waals surface area contributed by atoms with Gasteiger partial charge in [-0.3, -0.25) is 9.59 Å². The monoisotopic (exact) mass is 409 g/mol. The molecule has 156 valence electrons. The molecule has 28 heavy (non-hydrogen) atoms. The first-order valence-corrected chi connectivity index (χ1v) is 10.2. The molecule has 3 rings (SSSR count). The summed E-state index contributed by atoms with van der Waals surface area (Å²) in [5.74, 6) is -0.275. The molecule has 0 spiro atoms. The fourth-order valence-electron chi connectivity index (χ4n) is 3.86. The quantitative estimate of drug-likeness (QED) is 0.535. The van der Waals surface area contributed by atoms with E-state index in [2.05, 4.69) is 10.6 Å². The molecule has 2 aliphatic rings. The minimum Gasteiger partial charge on any atom is -0.369 e. The summed E-state index contributed by atoms with van der Waals surface area (Å²) in [6.45, 7) is 2.05. The average molecular weight is 410 g/mol. The highest BCUT2D eigenvalue weighted by Crippen LogP contribution is 2.17. The van der Waals surface area contributed by atoms with Crippen LogP contribution < -0.4 is 10.6 Å². The molecule has 0 bridgehead atoms. The third-order valence-corrected chi connectivity index (χ3v) is 5.41. The minimum atomic E-state index is -0.565. The summed E-state index contributed by atoms with van der Waals surface area (Å²) in [5.41, 5.74) is 1.01. The number of hydrogen-bond donors (Lipinski definition) is 2. The van der Waals surface area contributed by atoms with Gasteiger partial charge in [0.05, 0.1) is 6.61 Å². The van der Waals surface area contributed by atoms with E-state index in [1.165, 1.54) is 38.5 Å². The maximum absolute atomic E-state index is 12.6. The molecule has 1 heterocycles. The average Bonchev–Trinajstić information content (AvgIpc) is 2.96. The van der Waals surface area contributed by atoms with Crippen molar-refractivity contribution < 1.29 is 14.3 Å². The molecule has 0 unspecified atom stereocenters. The standard InChI is InChI=1S/C21H31N3O3.ClH/c25-20-16-27-15-19(24(20)14-17-8-4-3-5-9-17)21(26)23-13-12-22-18-10-6-1-2-7-11-18;/h3-5,8-9,18-19,22H,1-2,6-7,10-16H2,(H,23,26);1H/t19-;/m1./s1. The topological polar surface area (TPSA) is 70.7 Å². The molecule has 1 aromatic carbocycles. The SMILES string of the molecule is Cl.O=C(NCCNC1CCCCCC1)[C@H]1COCC(=O)N1Cc1ccccc1. The lowest BCUT2D eigenvalue weighted by Gasteiger charge is -2.34. The number of nitrogens with one attached hydrogen (secondary N) is 2. The van der Waals surface area contributed by atoms with E-state index < -0.39 is 6.04 Å². The van der Waals surface area contributed by atoms with Gasteiger partial charge in [0.1, 0.15) is 12.6 Å². The Labute approximate surface area is 173 Å². The highest BCUT2D eigenvalue weighted by Gasteiger charge is 2.33. The van der Waals surface area contributed by atoms with Crippen molar-refractivity contribution in [2.75, 3.05) is 26.3 Å². The van der Waals surface area contributed by atoms with Crippen molar-refractivity contribution in [1.29, 1.82) is 0 Å². The van der Waals surface area contributed by atoms with Crippen LogP contribution in [0.3, 0.4) is 0 Å². The largest absolute Gasteiger partial charge is 0.369 e. The van der Waals surface area contributed by atoms with E-state index in [1.807, 2.05) is 30.3 Å². The molecule has 1 saturated carbocycles. The van der Waals surface area contributed by atoms with Crippen molar-refractivity contribution in [3.63, 3.8) is 0 Å². The second kappa shape index (κ2) is 12.0. The summed E-state index contributed by atoms with van der Waals surface area (Å²) in [7, 11) is 0. The van der Waals surface area contributed by atoms with Gasteiger partial charge < -0.3 is 20.3 Å². The molecule has 2 fully saturated rings. The maximum Gasteiger partial charge on any atom is 0.249 e. The maximum atomic E-state index is 12.6. The number of halogens is 1. The third kappa shape index (κ3) is 6.76. The molecule has 1 saturated heterocycles. The van der Waals surface area contributed by atoms with E-state index in [4.69, 9.17) is 4.74 Å². The van der Waals surface area contributed by atoms with E-state index in [0.29, 0.717) is 19.1 Å². The van der Waals surface area contributed by atoms with Gasteiger partial charge in [0.15, 0.2) is 0 Å². The molecule has 1 aromatic rings. The van der Waals surface area contributed by atoms with Gasteiger partial charge in [-0.05, 0) is 18.4 Å². The fraction of sp³-hybridized carbons (Fsp3) is 0.619. The lowest BCUT2D eigenvalue weighted by Crippen LogP contribution is -2.56. The van der Waals surface area contributed by atoms with Gasteiger partial charge in [0.2, 0.25) is 11.8 Å². The van der Waals surface area contributed by atoms with E-state index in [1.54, 1.807) is 4.90 Å². The number of hydrogen-bond acceptors (Lipinski definition) is 4. The number of carbonyl (C=O) groups is 2. The number of ether oxygens (including phenoxy) is 1. The number of carbonyl (C=O) groups excluding carboxylic acids is 2. The molecule has 0 radical (unpaired) electrons. The predicted molar refractivity (Wildman–Crippen MR) is 111 cm³/mol. The fourth-order valence-corrected chi connectivity index (χ4v) is 3.86. The summed E-state index contributed by atoms with van der Waals surface area (Å²) in [4.78, 5) is 26.6. The number of morpholine rings is 1. The van der Waals surface area contributed by atoms with Gasteiger partial charge in [0.25, 0.3) is 0 Å². The second-order valence-corrected chi connectivity index (χ2v) is 7.47. The summed E-state index contributed by atoms with van der Waals surface area (Å²) in [6.07, 6.45) is 7.71. The third-order valence-electron chi connectivity index (χ3n) is 5.41. The smallest absolute Gasteiger partial charge is 0.249 e. The van der Waals surface area contributed by atoms with Crippen LogP contribution in [0.15, 0.2) is 30.3 Å². The molecule has 6 nitrogen and oxygen atoms in total. The van der Waals surface area contributed by atoms with Gasteiger partial charge in [-0.2, -0.15) is 0 Å². The molecule has 1 aliphatic carbocycles.